The van der Waals surface area contributed by atoms with Crippen molar-refractivity contribution in [2.75, 3.05) is 0 Å². The molecule has 28 heavy (non-hydrogen) atoms. The second-order valence-corrected chi connectivity index (χ2v) is 33.8. The smallest absolute Gasteiger partial charge is 0.416 e. The third-order valence-electron chi connectivity index (χ3n) is 2.86. The van der Waals surface area contributed by atoms with Gasteiger partial charge in [-0.15, -0.1) is 22.2 Å². The monoisotopic (exact) mass is 572 g/mol. The summed E-state index contributed by atoms with van der Waals surface area (Å²) in [5.74, 6) is 0. The lowest BCUT2D eigenvalue weighted by molar-refractivity contribution is 0.266. The molecule has 1 fully saturated rings. The fraction of sp³-hybridized carbons (Fsp3) is 1.00. The minimum absolute atomic E-state index is 0.219. The van der Waals surface area contributed by atoms with Gasteiger partial charge in [0.15, 0.2) is 0 Å². The van der Waals surface area contributed by atoms with Crippen LogP contribution in [-0.2, 0) is 32.9 Å². The van der Waals surface area contributed by atoms with Gasteiger partial charge in [-0.05, 0) is 65.5 Å². The Bertz CT molecular complexity index is 492. The topological polar surface area (TPSA) is 73.8 Å². The first-order valence-corrected chi connectivity index (χ1v) is 28.2. The van der Waals surface area contributed by atoms with Gasteiger partial charge in [0, 0.05) is 0 Å². The van der Waals surface area contributed by atoms with Crippen LogP contribution in [0.5, 0.6) is 0 Å². The molecule has 18 heteroatoms. The SMILES string of the molecule is C[Si]1(C)O[Si]O[Si]O[Si](C)(Cl)O[Si](C)(C)O[Si](C)(Cl)O[Si](C)(C)O[Si](C)(C)O1. The minimum Gasteiger partial charge on any atom is -0.416 e. The number of rotatable bonds is 0. The molecule has 0 aliphatic carbocycles. The molecule has 0 N–H and O–H groups in total. The normalized spacial score (nSPS) is 37.3. The Balaban J connectivity index is 3.09. The van der Waals surface area contributed by atoms with E-state index < -0.39 is 50.0 Å². The molecule has 1 aliphatic heterocycles. The Morgan fingerprint density at radius 3 is 1.36 bits per heavy atom. The Morgan fingerprint density at radius 2 is 0.821 bits per heavy atom. The maximum Gasteiger partial charge on any atom is 0.422 e. The van der Waals surface area contributed by atoms with E-state index in [1.54, 1.807) is 13.1 Å². The predicted molar refractivity (Wildman–Crippen MR) is 125 cm³/mol. The van der Waals surface area contributed by atoms with Crippen LogP contribution < -0.4 is 0 Å². The zero-order chi connectivity index (χ0) is 22.1. The molecule has 0 bridgehead atoms. The zero-order valence-electron chi connectivity index (χ0n) is 18.0. The van der Waals surface area contributed by atoms with Crippen LogP contribution in [0.25, 0.3) is 0 Å². The average molecular weight is 574 g/mol. The molecule has 0 spiro atoms. The first-order valence-electron chi connectivity index (χ1n) is 8.64. The van der Waals surface area contributed by atoms with Crippen LogP contribution in [-0.4, -0.2) is 70.0 Å². The average Bonchev–Trinajstić information content (AvgIpc) is 2.27. The highest BCUT2D eigenvalue weighted by Gasteiger charge is 2.50. The standard InChI is InChI=1S/C10H30Cl2O8Si8/c1-23(2)14-21-13-22-15-27(9,11)18-26(7,8)20-28(10,12)19-25(5,6)17-24(3,4)16-23/h1-10H3. The van der Waals surface area contributed by atoms with Crippen LogP contribution >= 0.6 is 22.2 Å². The van der Waals surface area contributed by atoms with Crippen molar-refractivity contribution in [1.82, 2.24) is 0 Å². The van der Waals surface area contributed by atoms with E-state index in [1.165, 1.54) is 0 Å². The van der Waals surface area contributed by atoms with Crippen molar-refractivity contribution in [1.29, 1.82) is 0 Å². The van der Waals surface area contributed by atoms with Crippen molar-refractivity contribution in [3.8, 4) is 0 Å². The van der Waals surface area contributed by atoms with Gasteiger partial charge in [0.25, 0.3) is 0 Å². The summed E-state index contributed by atoms with van der Waals surface area (Å²) < 4.78 is 48.1. The van der Waals surface area contributed by atoms with Crippen LogP contribution in [0.4, 0.5) is 0 Å². The Morgan fingerprint density at radius 1 is 0.464 bits per heavy atom. The molecule has 0 saturated carbocycles. The van der Waals surface area contributed by atoms with Crippen LogP contribution in [0.2, 0.25) is 65.5 Å². The van der Waals surface area contributed by atoms with Gasteiger partial charge in [0.05, 0.1) is 0 Å². The van der Waals surface area contributed by atoms with Crippen LogP contribution in [0.1, 0.15) is 0 Å². The van der Waals surface area contributed by atoms with Crippen LogP contribution in [0.15, 0.2) is 0 Å². The van der Waals surface area contributed by atoms with E-state index in [1.807, 2.05) is 52.4 Å². The van der Waals surface area contributed by atoms with Gasteiger partial charge in [-0.2, -0.15) is 0 Å². The molecule has 4 radical (unpaired) electrons. The molecule has 0 amide bonds. The van der Waals surface area contributed by atoms with Crippen LogP contribution in [0.3, 0.4) is 0 Å². The summed E-state index contributed by atoms with van der Waals surface area (Å²) in [6.45, 7) is 18.9. The summed E-state index contributed by atoms with van der Waals surface area (Å²) in [5.41, 5.74) is 0. The zero-order valence-corrected chi connectivity index (χ0v) is 27.5. The highest BCUT2D eigenvalue weighted by molar-refractivity contribution is 7.19. The summed E-state index contributed by atoms with van der Waals surface area (Å²) in [6, 6.07) is 0. The van der Waals surface area contributed by atoms with Crippen molar-refractivity contribution < 1.29 is 32.9 Å². The summed E-state index contributed by atoms with van der Waals surface area (Å²) in [5, 5.41) is 0. The summed E-state index contributed by atoms with van der Waals surface area (Å²) in [4.78, 5) is 0. The van der Waals surface area contributed by atoms with Crippen molar-refractivity contribution in [2.24, 2.45) is 0 Å². The first kappa shape index (κ1) is 28.0. The van der Waals surface area contributed by atoms with E-state index in [0.717, 1.165) is 0 Å². The lowest BCUT2D eigenvalue weighted by Crippen LogP contribution is -2.60. The number of hydrogen-bond acceptors (Lipinski definition) is 8. The van der Waals surface area contributed by atoms with Gasteiger partial charge < -0.3 is 32.9 Å². The van der Waals surface area contributed by atoms with E-state index in [0.29, 0.717) is 0 Å². The van der Waals surface area contributed by atoms with E-state index in [-0.39, 0.29) is 20.0 Å². The lowest BCUT2D eigenvalue weighted by Gasteiger charge is -2.41. The molecule has 1 aliphatic rings. The predicted octanol–water partition coefficient (Wildman–Crippen LogP) is 3.62. The van der Waals surface area contributed by atoms with Crippen LogP contribution in [0, 0.1) is 0 Å². The van der Waals surface area contributed by atoms with Gasteiger partial charge >= 0.3 is 70.0 Å². The second kappa shape index (κ2) is 9.86. The molecular weight excluding hydrogens is 544 g/mol. The summed E-state index contributed by atoms with van der Waals surface area (Å²) in [7, 11) is -17.0. The molecule has 2 atom stereocenters. The molecule has 8 nitrogen and oxygen atoms in total. The Labute approximate surface area is 189 Å². The maximum atomic E-state index is 6.68. The van der Waals surface area contributed by atoms with E-state index in [9.17, 15) is 0 Å². The fourth-order valence-corrected chi connectivity index (χ4v) is 34.0. The molecule has 1 saturated heterocycles. The third-order valence-corrected chi connectivity index (χ3v) is 28.5. The highest BCUT2D eigenvalue weighted by Crippen LogP contribution is 2.30. The molecule has 1 heterocycles. The van der Waals surface area contributed by atoms with Crippen molar-refractivity contribution in [2.45, 2.75) is 65.5 Å². The Kier molecular flexibility index (Phi) is 9.87. The number of hydrogen-bond donors (Lipinski definition) is 0. The van der Waals surface area contributed by atoms with Crippen molar-refractivity contribution >= 4 is 92.2 Å². The summed E-state index contributed by atoms with van der Waals surface area (Å²) in [6.07, 6.45) is 0. The quantitative estimate of drug-likeness (QED) is 0.321. The van der Waals surface area contributed by atoms with Gasteiger partial charge in [-0.3, -0.25) is 0 Å². The fourth-order valence-electron chi connectivity index (χ4n) is 2.86. The van der Waals surface area contributed by atoms with Gasteiger partial charge in [-0.25, -0.2) is 0 Å². The minimum atomic E-state index is -3.08. The largest absolute Gasteiger partial charge is 0.422 e. The van der Waals surface area contributed by atoms with E-state index >= 15 is 0 Å². The van der Waals surface area contributed by atoms with Gasteiger partial charge in [0.2, 0.25) is 0 Å². The highest BCUT2D eigenvalue weighted by atomic mass is 35.6. The molecule has 0 aromatic heterocycles. The van der Waals surface area contributed by atoms with E-state index in [4.69, 9.17) is 55.1 Å². The molecule has 0 aromatic carbocycles. The van der Waals surface area contributed by atoms with Crippen molar-refractivity contribution in [3.05, 3.63) is 0 Å². The Hall–Kier alpha value is 2.00. The molecule has 164 valence electrons. The number of halogens is 2. The molecule has 1 rings (SSSR count). The lowest BCUT2D eigenvalue weighted by atomic mass is 11.9. The second-order valence-electron chi connectivity index (χ2n) is 8.25. The molecular formula is C10H30Cl2O8Si8. The van der Waals surface area contributed by atoms with Gasteiger partial charge in [0.1, 0.15) is 0 Å². The molecule has 2 unspecified atom stereocenters. The summed E-state index contributed by atoms with van der Waals surface area (Å²) >= 11 is 13.2. The van der Waals surface area contributed by atoms with E-state index in [2.05, 4.69) is 0 Å². The molecule has 0 aromatic rings. The maximum absolute atomic E-state index is 6.68. The van der Waals surface area contributed by atoms with Crippen molar-refractivity contribution in [3.63, 3.8) is 0 Å². The van der Waals surface area contributed by atoms with Gasteiger partial charge in [-0.1, -0.05) is 0 Å². The first-order chi connectivity index (χ1) is 12.2. The third kappa shape index (κ3) is 11.6.